The maximum Gasteiger partial charge on any atom is 0.166 e. The molecule has 1 aromatic heterocycles. The van der Waals surface area contributed by atoms with E-state index in [-0.39, 0.29) is 0 Å². The van der Waals surface area contributed by atoms with E-state index in [0.29, 0.717) is 10.7 Å². The lowest BCUT2D eigenvalue weighted by molar-refractivity contribution is 0.111. The van der Waals surface area contributed by atoms with Gasteiger partial charge in [0.2, 0.25) is 0 Å². The average molecular weight is 285 g/mol. The van der Waals surface area contributed by atoms with Crippen molar-refractivity contribution in [3.8, 4) is 5.69 Å². The summed E-state index contributed by atoms with van der Waals surface area (Å²) in [4.78, 5) is 10.8. The SMILES string of the molecule is O=Cc1cccn1-c1ccc(Br)cc1Cl. The first-order chi connectivity index (χ1) is 7.22. The molecule has 0 radical (unpaired) electrons. The Kier molecular flexibility index (Phi) is 2.93. The van der Waals surface area contributed by atoms with E-state index in [4.69, 9.17) is 11.6 Å². The summed E-state index contributed by atoms with van der Waals surface area (Å²) in [6.07, 6.45) is 2.61. The fourth-order valence-corrected chi connectivity index (χ4v) is 2.15. The van der Waals surface area contributed by atoms with Gasteiger partial charge in [0.25, 0.3) is 0 Å². The summed E-state index contributed by atoms with van der Waals surface area (Å²) in [5, 5.41) is 0.601. The highest BCUT2D eigenvalue weighted by molar-refractivity contribution is 9.10. The Morgan fingerprint density at radius 3 is 2.80 bits per heavy atom. The Bertz CT molecular complexity index is 507. The third-order valence-electron chi connectivity index (χ3n) is 2.07. The van der Waals surface area contributed by atoms with Gasteiger partial charge in [0.15, 0.2) is 6.29 Å². The minimum absolute atomic E-state index is 0.583. The molecule has 0 saturated heterocycles. The molecule has 1 heterocycles. The van der Waals surface area contributed by atoms with Crippen molar-refractivity contribution in [1.29, 1.82) is 0 Å². The maximum absolute atomic E-state index is 10.8. The molecule has 1 aromatic carbocycles. The lowest BCUT2D eigenvalue weighted by Gasteiger charge is -2.07. The molecule has 76 valence electrons. The van der Waals surface area contributed by atoms with Crippen molar-refractivity contribution in [3.63, 3.8) is 0 Å². The monoisotopic (exact) mass is 283 g/mol. The van der Waals surface area contributed by atoms with E-state index in [1.807, 2.05) is 18.2 Å². The normalized spacial score (nSPS) is 10.3. The van der Waals surface area contributed by atoms with Crippen molar-refractivity contribution in [2.75, 3.05) is 0 Å². The highest BCUT2D eigenvalue weighted by Gasteiger charge is 2.06. The molecule has 0 unspecified atom stereocenters. The molecule has 15 heavy (non-hydrogen) atoms. The summed E-state index contributed by atoms with van der Waals surface area (Å²) in [6.45, 7) is 0. The fraction of sp³-hybridized carbons (Fsp3) is 0. The van der Waals surface area contributed by atoms with Crippen LogP contribution in [0.4, 0.5) is 0 Å². The van der Waals surface area contributed by atoms with Crippen LogP contribution in [-0.4, -0.2) is 10.9 Å². The summed E-state index contributed by atoms with van der Waals surface area (Å²) < 4.78 is 2.66. The van der Waals surface area contributed by atoms with Crippen LogP contribution in [-0.2, 0) is 0 Å². The molecule has 0 spiro atoms. The number of carbonyl (C=O) groups is 1. The van der Waals surface area contributed by atoms with Gasteiger partial charge in [0, 0.05) is 10.7 Å². The van der Waals surface area contributed by atoms with Crippen LogP contribution >= 0.6 is 27.5 Å². The Labute approximate surface area is 101 Å². The van der Waals surface area contributed by atoms with Gasteiger partial charge >= 0.3 is 0 Å². The molecular weight excluding hydrogens is 277 g/mol. The van der Waals surface area contributed by atoms with Gasteiger partial charge in [0.1, 0.15) is 0 Å². The van der Waals surface area contributed by atoms with Crippen LogP contribution in [0.25, 0.3) is 5.69 Å². The number of nitrogens with zero attached hydrogens (tertiary/aromatic N) is 1. The van der Waals surface area contributed by atoms with E-state index in [1.165, 1.54) is 0 Å². The fourth-order valence-electron chi connectivity index (χ4n) is 1.39. The van der Waals surface area contributed by atoms with Crippen molar-refractivity contribution < 1.29 is 4.79 Å². The number of hydrogen-bond donors (Lipinski definition) is 0. The summed E-state index contributed by atoms with van der Waals surface area (Å²) in [5.74, 6) is 0. The molecule has 0 atom stereocenters. The highest BCUT2D eigenvalue weighted by atomic mass is 79.9. The number of carbonyl (C=O) groups excluding carboxylic acids is 1. The second kappa shape index (κ2) is 4.21. The molecule has 0 aliphatic heterocycles. The molecule has 0 saturated carbocycles. The van der Waals surface area contributed by atoms with Gasteiger partial charge in [0.05, 0.1) is 16.4 Å². The van der Waals surface area contributed by atoms with Crippen LogP contribution < -0.4 is 0 Å². The van der Waals surface area contributed by atoms with Gasteiger partial charge in [-0.05, 0) is 30.3 Å². The standard InChI is InChI=1S/C11H7BrClNO/c12-8-3-4-11(10(13)6-8)14-5-1-2-9(14)7-15/h1-7H. The Morgan fingerprint density at radius 2 is 2.13 bits per heavy atom. The van der Waals surface area contributed by atoms with E-state index in [1.54, 1.807) is 22.9 Å². The van der Waals surface area contributed by atoms with Gasteiger partial charge in [-0.2, -0.15) is 0 Å². The molecule has 2 rings (SSSR count). The lowest BCUT2D eigenvalue weighted by Crippen LogP contribution is -1.97. The van der Waals surface area contributed by atoms with E-state index in [9.17, 15) is 4.79 Å². The zero-order chi connectivity index (χ0) is 10.8. The number of rotatable bonds is 2. The van der Waals surface area contributed by atoms with Crippen molar-refractivity contribution in [2.24, 2.45) is 0 Å². The van der Waals surface area contributed by atoms with Crippen LogP contribution in [0.3, 0.4) is 0 Å². The van der Waals surface area contributed by atoms with Crippen LogP contribution in [0.1, 0.15) is 10.5 Å². The Morgan fingerprint density at radius 1 is 1.33 bits per heavy atom. The first-order valence-electron chi connectivity index (χ1n) is 4.30. The number of aromatic nitrogens is 1. The zero-order valence-corrected chi connectivity index (χ0v) is 9.99. The Hall–Kier alpha value is -1.06. The van der Waals surface area contributed by atoms with E-state index in [2.05, 4.69) is 15.9 Å². The quantitative estimate of drug-likeness (QED) is 0.771. The van der Waals surface area contributed by atoms with Crippen LogP contribution in [0.2, 0.25) is 5.02 Å². The molecule has 0 aliphatic rings. The molecule has 0 amide bonds. The van der Waals surface area contributed by atoms with Crippen molar-refractivity contribution in [1.82, 2.24) is 4.57 Å². The number of aldehydes is 1. The first-order valence-corrected chi connectivity index (χ1v) is 5.47. The van der Waals surface area contributed by atoms with Crippen LogP contribution in [0.15, 0.2) is 41.0 Å². The van der Waals surface area contributed by atoms with Crippen LogP contribution in [0.5, 0.6) is 0 Å². The topological polar surface area (TPSA) is 22.0 Å². The molecule has 2 aromatic rings. The minimum atomic E-state index is 0.583. The summed E-state index contributed by atoms with van der Waals surface area (Å²) in [7, 11) is 0. The first kappa shape index (κ1) is 10.5. The van der Waals surface area contributed by atoms with Gasteiger partial charge in [-0.25, -0.2) is 0 Å². The Balaban J connectivity index is 2.59. The zero-order valence-electron chi connectivity index (χ0n) is 7.65. The summed E-state index contributed by atoms with van der Waals surface area (Å²) in [6, 6.07) is 9.09. The molecular formula is C11H7BrClNO. The van der Waals surface area contributed by atoms with Crippen LogP contribution in [0, 0.1) is 0 Å². The van der Waals surface area contributed by atoms with E-state index >= 15 is 0 Å². The van der Waals surface area contributed by atoms with Gasteiger partial charge in [-0.1, -0.05) is 27.5 Å². The van der Waals surface area contributed by atoms with Gasteiger partial charge in [-0.15, -0.1) is 0 Å². The molecule has 2 nitrogen and oxygen atoms in total. The van der Waals surface area contributed by atoms with Crippen molar-refractivity contribution in [3.05, 3.63) is 51.7 Å². The number of hydrogen-bond acceptors (Lipinski definition) is 1. The molecule has 0 fully saturated rings. The number of benzene rings is 1. The van der Waals surface area contributed by atoms with Gasteiger partial charge in [-0.3, -0.25) is 4.79 Å². The van der Waals surface area contributed by atoms with E-state index in [0.717, 1.165) is 16.4 Å². The summed E-state index contributed by atoms with van der Waals surface area (Å²) in [5.41, 5.74) is 1.38. The largest absolute Gasteiger partial charge is 0.313 e. The number of halogens is 2. The maximum atomic E-state index is 10.8. The third kappa shape index (κ3) is 1.98. The second-order valence-electron chi connectivity index (χ2n) is 3.02. The second-order valence-corrected chi connectivity index (χ2v) is 4.34. The molecule has 0 bridgehead atoms. The molecule has 0 aliphatic carbocycles. The van der Waals surface area contributed by atoms with E-state index < -0.39 is 0 Å². The lowest BCUT2D eigenvalue weighted by atomic mass is 10.3. The molecule has 0 N–H and O–H groups in total. The third-order valence-corrected chi connectivity index (χ3v) is 2.87. The predicted octanol–water partition coefficient (Wildman–Crippen LogP) is 3.71. The highest BCUT2D eigenvalue weighted by Crippen LogP contribution is 2.25. The van der Waals surface area contributed by atoms with Gasteiger partial charge < -0.3 is 4.57 Å². The summed E-state index contributed by atoms with van der Waals surface area (Å²) >= 11 is 9.42. The van der Waals surface area contributed by atoms with Crippen molar-refractivity contribution in [2.45, 2.75) is 0 Å². The predicted molar refractivity (Wildman–Crippen MR) is 63.9 cm³/mol. The smallest absolute Gasteiger partial charge is 0.166 e. The molecule has 4 heteroatoms. The average Bonchev–Trinajstić information content (AvgIpc) is 2.65. The minimum Gasteiger partial charge on any atom is -0.313 e. The van der Waals surface area contributed by atoms with Crippen molar-refractivity contribution >= 4 is 33.8 Å².